The number of sulfonamides is 1. The number of hydrogen-bond acceptors (Lipinski definition) is 3. The van der Waals surface area contributed by atoms with Crippen LogP contribution in [0.25, 0.3) is 0 Å². The number of rotatable bonds is 6. The lowest BCUT2D eigenvalue weighted by Crippen LogP contribution is -2.42. The highest BCUT2D eigenvalue weighted by molar-refractivity contribution is 7.89. The third-order valence-electron chi connectivity index (χ3n) is 4.33. The molecule has 3 unspecified atom stereocenters. The first-order valence-corrected chi connectivity index (χ1v) is 8.85. The predicted octanol–water partition coefficient (Wildman–Crippen LogP) is 1.48. The Bertz CT molecular complexity index is 365. The zero-order valence-electron chi connectivity index (χ0n) is 11.5. The van der Waals surface area contributed by atoms with Crippen LogP contribution in [0, 0.1) is 11.8 Å². The lowest BCUT2D eigenvalue weighted by Gasteiger charge is -2.32. The molecule has 2 aliphatic rings. The zero-order chi connectivity index (χ0) is 13.2. The molecule has 0 spiro atoms. The molecule has 0 amide bonds. The molecule has 0 aromatic rings. The van der Waals surface area contributed by atoms with Crippen LogP contribution in [0.4, 0.5) is 0 Å². The van der Waals surface area contributed by atoms with Gasteiger partial charge in [-0.05, 0) is 43.9 Å². The first-order valence-electron chi connectivity index (χ1n) is 7.19. The molecule has 2 aliphatic carbocycles. The topological polar surface area (TPSA) is 58.2 Å². The van der Waals surface area contributed by atoms with Crippen molar-refractivity contribution in [2.24, 2.45) is 11.8 Å². The van der Waals surface area contributed by atoms with E-state index in [2.05, 4.69) is 23.9 Å². The molecule has 2 rings (SSSR count). The van der Waals surface area contributed by atoms with Crippen LogP contribution in [-0.4, -0.2) is 32.8 Å². The summed E-state index contributed by atoms with van der Waals surface area (Å²) in [6, 6.07) is 0.734. The van der Waals surface area contributed by atoms with Gasteiger partial charge >= 0.3 is 0 Å². The van der Waals surface area contributed by atoms with Gasteiger partial charge in [0.2, 0.25) is 10.0 Å². The van der Waals surface area contributed by atoms with E-state index >= 15 is 0 Å². The van der Waals surface area contributed by atoms with Gasteiger partial charge in [0.1, 0.15) is 0 Å². The summed E-state index contributed by atoms with van der Waals surface area (Å²) < 4.78 is 26.7. The highest BCUT2D eigenvalue weighted by Crippen LogP contribution is 2.29. The highest BCUT2D eigenvalue weighted by atomic mass is 32.2. The van der Waals surface area contributed by atoms with Crippen molar-refractivity contribution < 1.29 is 8.42 Å². The lowest BCUT2D eigenvalue weighted by atomic mass is 9.79. The Balaban J connectivity index is 1.72. The molecule has 2 fully saturated rings. The summed E-state index contributed by atoms with van der Waals surface area (Å²) in [7, 11) is -3.10. The van der Waals surface area contributed by atoms with Crippen molar-refractivity contribution in [2.75, 3.05) is 12.3 Å². The fraction of sp³-hybridized carbons (Fsp3) is 1.00. The molecule has 5 heteroatoms. The molecule has 3 atom stereocenters. The molecule has 106 valence electrons. The van der Waals surface area contributed by atoms with Gasteiger partial charge < -0.3 is 5.32 Å². The van der Waals surface area contributed by atoms with E-state index in [0.29, 0.717) is 18.5 Å². The van der Waals surface area contributed by atoms with Crippen LogP contribution in [-0.2, 0) is 10.0 Å². The summed E-state index contributed by atoms with van der Waals surface area (Å²) in [6.45, 7) is 5.06. The van der Waals surface area contributed by atoms with E-state index < -0.39 is 10.0 Å². The third kappa shape index (κ3) is 4.52. The maximum absolute atomic E-state index is 11.9. The fourth-order valence-corrected chi connectivity index (χ4v) is 3.88. The second kappa shape index (κ2) is 5.88. The minimum atomic E-state index is -3.10. The van der Waals surface area contributed by atoms with Crippen LogP contribution in [0.2, 0.25) is 0 Å². The molecule has 0 aromatic carbocycles. The summed E-state index contributed by atoms with van der Waals surface area (Å²) in [5.41, 5.74) is 0. The van der Waals surface area contributed by atoms with Crippen molar-refractivity contribution >= 4 is 10.0 Å². The molecule has 0 aromatic heterocycles. The Hall–Kier alpha value is -0.130. The van der Waals surface area contributed by atoms with Crippen molar-refractivity contribution in [2.45, 2.75) is 58.0 Å². The van der Waals surface area contributed by atoms with E-state index in [9.17, 15) is 8.42 Å². The van der Waals surface area contributed by atoms with Gasteiger partial charge in [0.25, 0.3) is 0 Å². The van der Waals surface area contributed by atoms with Gasteiger partial charge in [0.15, 0.2) is 0 Å². The molecule has 0 heterocycles. The molecule has 0 bridgehead atoms. The zero-order valence-corrected chi connectivity index (χ0v) is 12.3. The molecule has 2 N–H and O–H groups in total. The molecule has 18 heavy (non-hydrogen) atoms. The third-order valence-corrected chi connectivity index (χ3v) is 5.76. The molecule has 2 saturated carbocycles. The summed E-state index contributed by atoms with van der Waals surface area (Å²) in [5, 5.41) is 3.25. The number of nitrogens with one attached hydrogen (secondary N) is 2. The predicted molar refractivity (Wildman–Crippen MR) is 73.9 cm³/mol. The van der Waals surface area contributed by atoms with E-state index in [-0.39, 0.29) is 11.8 Å². The first-order chi connectivity index (χ1) is 8.46. The van der Waals surface area contributed by atoms with Gasteiger partial charge in [-0.2, -0.15) is 0 Å². The SMILES string of the molecule is CC1CCC(NS(=O)(=O)CCNC2CC2)CC1C. The van der Waals surface area contributed by atoms with E-state index in [1.807, 2.05) is 0 Å². The van der Waals surface area contributed by atoms with Crippen molar-refractivity contribution in [3.63, 3.8) is 0 Å². The smallest absolute Gasteiger partial charge is 0.213 e. The van der Waals surface area contributed by atoms with Gasteiger partial charge in [-0.1, -0.05) is 13.8 Å². The summed E-state index contributed by atoms with van der Waals surface area (Å²) in [5.74, 6) is 1.56. The van der Waals surface area contributed by atoms with Crippen LogP contribution in [0.1, 0.15) is 46.0 Å². The van der Waals surface area contributed by atoms with Crippen LogP contribution in [0.3, 0.4) is 0 Å². The summed E-state index contributed by atoms with van der Waals surface area (Å²) in [6.07, 6.45) is 5.50. The van der Waals surface area contributed by atoms with E-state index in [0.717, 1.165) is 25.2 Å². The maximum atomic E-state index is 11.9. The normalized spacial score (nSPS) is 33.6. The molecule has 0 radical (unpaired) electrons. The van der Waals surface area contributed by atoms with E-state index in [1.54, 1.807) is 0 Å². The second-order valence-corrected chi connectivity index (χ2v) is 8.00. The average Bonchev–Trinajstić information content (AvgIpc) is 3.07. The standard InChI is InChI=1S/C13H26N2O2S/c1-10-3-4-13(9-11(10)2)15-18(16,17)8-7-14-12-5-6-12/h10-15H,3-9H2,1-2H3. The Labute approximate surface area is 111 Å². The van der Waals surface area contributed by atoms with Crippen molar-refractivity contribution in [1.29, 1.82) is 0 Å². The molecule has 0 aliphatic heterocycles. The summed E-state index contributed by atoms with van der Waals surface area (Å²) >= 11 is 0. The van der Waals surface area contributed by atoms with Crippen LogP contribution in [0.15, 0.2) is 0 Å². The van der Waals surface area contributed by atoms with E-state index in [1.165, 1.54) is 12.8 Å². The Morgan fingerprint density at radius 3 is 2.28 bits per heavy atom. The lowest BCUT2D eigenvalue weighted by molar-refractivity contribution is 0.242. The Morgan fingerprint density at radius 1 is 1.00 bits per heavy atom. The molecule has 0 saturated heterocycles. The average molecular weight is 274 g/mol. The monoisotopic (exact) mass is 274 g/mol. The van der Waals surface area contributed by atoms with Crippen LogP contribution in [0.5, 0.6) is 0 Å². The second-order valence-electron chi connectivity index (χ2n) is 6.13. The van der Waals surface area contributed by atoms with Crippen molar-refractivity contribution in [3.05, 3.63) is 0 Å². The molecule has 4 nitrogen and oxygen atoms in total. The quantitative estimate of drug-likeness (QED) is 0.771. The Morgan fingerprint density at radius 2 is 1.67 bits per heavy atom. The van der Waals surface area contributed by atoms with Crippen molar-refractivity contribution in [3.8, 4) is 0 Å². The minimum Gasteiger partial charge on any atom is -0.313 e. The maximum Gasteiger partial charge on any atom is 0.213 e. The minimum absolute atomic E-state index is 0.155. The largest absolute Gasteiger partial charge is 0.313 e. The van der Waals surface area contributed by atoms with Crippen LogP contribution < -0.4 is 10.0 Å². The molecular weight excluding hydrogens is 248 g/mol. The van der Waals surface area contributed by atoms with Gasteiger partial charge in [0, 0.05) is 18.6 Å². The molecular formula is C13H26N2O2S. The van der Waals surface area contributed by atoms with E-state index in [4.69, 9.17) is 0 Å². The first kappa shape index (κ1) is 14.3. The van der Waals surface area contributed by atoms with Gasteiger partial charge in [-0.15, -0.1) is 0 Å². The number of hydrogen-bond donors (Lipinski definition) is 2. The van der Waals surface area contributed by atoms with Gasteiger partial charge in [-0.25, -0.2) is 13.1 Å². The van der Waals surface area contributed by atoms with Gasteiger partial charge in [0.05, 0.1) is 5.75 Å². The summed E-state index contributed by atoms with van der Waals surface area (Å²) in [4.78, 5) is 0. The fourth-order valence-electron chi connectivity index (χ4n) is 2.65. The highest BCUT2D eigenvalue weighted by Gasteiger charge is 2.27. The van der Waals surface area contributed by atoms with Crippen LogP contribution >= 0.6 is 0 Å². The van der Waals surface area contributed by atoms with Gasteiger partial charge in [-0.3, -0.25) is 0 Å². The van der Waals surface area contributed by atoms with Crippen molar-refractivity contribution in [1.82, 2.24) is 10.0 Å². The Kier molecular flexibility index (Phi) is 4.67.